The van der Waals surface area contributed by atoms with Crippen molar-refractivity contribution >= 4 is 43.2 Å². The maximum atomic E-state index is 13.0. The molecule has 6 N–H and O–H groups in total. The number of rotatable bonds is 33. The molecule has 0 radical (unpaired) electrons. The van der Waals surface area contributed by atoms with Gasteiger partial charge >= 0.3 is 14.2 Å². The number of ketones is 2. The molecule has 0 unspecified atom stereocenters. The Kier molecular flexibility index (Phi) is 24.7. The molecule has 0 fully saturated rings. The van der Waals surface area contributed by atoms with Gasteiger partial charge in [-0.25, -0.2) is 9.78 Å². The number of nitrogens with zero attached hydrogens (tertiary/aromatic N) is 5. The molecule has 0 bridgehead atoms. The van der Waals surface area contributed by atoms with Crippen LogP contribution in [0.3, 0.4) is 0 Å². The minimum Gasteiger partial charge on any atom is -0.452 e. The molecule has 2 rings (SSSR count). The molecule has 17 nitrogen and oxygen atoms in total. The van der Waals surface area contributed by atoms with Gasteiger partial charge in [-0.1, -0.05) is 48.5 Å². The third-order valence-corrected chi connectivity index (χ3v) is 9.13. The summed E-state index contributed by atoms with van der Waals surface area (Å²) in [5.41, 5.74) is 2.47. The molecular formula is C36H59B2N5O12. The maximum Gasteiger partial charge on any atom is 0.488 e. The van der Waals surface area contributed by atoms with Gasteiger partial charge in [-0.15, -0.1) is 0 Å². The third-order valence-electron chi connectivity index (χ3n) is 9.13. The quantitative estimate of drug-likeness (QED) is 0.0157. The zero-order valence-electron chi connectivity index (χ0n) is 32.2. The second kappa shape index (κ2) is 28.3. The van der Waals surface area contributed by atoms with Crippen molar-refractivity contribution < 1.29 is 59.5 Å². The fourth-order valence-corrected chi connectivity index (χ4v) is 6.19. The SMILES string of the molecule is CN(CCCC(=O)CN(CCOO)CCN(CCOO)CCN(COC=O)CC(=O)CCCN(C)Cc1ccccc1B(O)O)Cc1ccccc1B(O)O. The maximum absolute atomic E-state index is 13.0. The number of hydrogen-bond donors (Lipinski definition) is 6. The Morgan fingerprint density at radius 2 is 1.04 bits per heavy atom. The van der Waals surface area contributed by atoms with Gasteiger partial charge in [-0.3, -0.25) is 39.6 Å². The average Bonchev–Trinajstić information content (AvgIpc) is 3.15. The summed E-state index contributed by atoms with van der Waals surface area (Å²) in [5, 5.41) is 56.6. The largest absolute Gasteiger partial charge is 0.488 e. The predicted molar refractivity (Wildman–Crippen MR) is 207 cm³/mol. The molecule has 0 amide bonds. The number of carbonyl (C=O) groups is 3. The van der Waals surface area contributed by atoms with E-state index >= 15 is 0 Å². The molecule has 0 aromatic heterocycles. The minimum absolute atomic E-state index is 0.000319. The van der Waals surface area contributed by atoms with Crippen LogP contribution in [0.4, 0.5) is 0 Å². The minimum atomic E-state index is -1.57. The molecule has 0 heterocycles. The lowest BCUT2D eigenvalue weighted by atomic mass is 9.77. The Bertz CT molecular complexity index is 1380. The predicted octanol–water partition coefficient (Wildman–Crippen LogP) is -1.68. The Morgan fingerprint density at radius 1 is 0.618 bits per heavy atom. The summed E-state index contributed by atoms with van der Waals surface area (Å²) < 4.78 is 4.98. The third kappa shape index (κ3) is 20.6. The van der Waals surface area contributed by atoms with E-state index in [0.717, 1.165) is 11.1 Å². The van der Waals surface area contributed by atoms with E-state index in [4.69, 9.17) is 15.3 Å². The summed E-state index contributed by atoms with van der Waals surface area (Å²) in [6.07, 6.45) is 1.80. The van der Waals surface area contributed by atoms with Crippen molar-refractivity contribution in [1.29, 1.82) is 0 Å². The summed E-state index contributed by atoms with van der Waals surface area (Å²) in [6.45, 7) is 4.97. The van der Waals surface area contributed by atoms with E-state index < -0.39 is 14.2 Å². The molecule has 0 saturated heterocycles. The fraction of sp³-hybridized carbons (Fsp3) is 0.583. The first-order valence-electron chi connectivity index (χ1n) is 18.5. The van der Waals surface area contributed by atoms with Crippen molar-refractivity contribution in [3.05, 3.63) is 59.7 Å². The van der Waals surface area contributed by atoms with Crippen LogP contribution in [-0.2, 0) is 42.0 Å². The van der Waals surface area contributed by atoms with Gasteiger partial charge in [0.05, 0.1) is 26.3 Å². The first-order chi connectivity index (χ1) is 26.5. The fourth-order valence-electron chi connectivity index (χ4n) is 6.19. The second-order valence-electron chi connectivity index (χ2n) is 13.6. The van der Waals surface area contributed by atoms with Gasteiger partial charge in [-0.05, 0) is 62.1 Å². The van der Waals surface area contributed by atoms with Crippen LogP contribution in [0, 0.1) is 0 Å². The van der Waals surface area contributed by atoms with Gasteiger partial charge in [0.25, 0.3) is 6.47 Å². The van der Waals surface area contributed by atoms with Crippen LogP contribution in [0.15, 0.2) is 48.5 Å². The van der Waals surface area contributed by atoms with Crippen molar-refractivity contribution in [2.45, 2.75) is 38.8 Å². The summed E-state index contributed by atoms with van der Waals surface area (Å²) >= 11 is 0. The monoisotopic (exact) mass is 775 g/mol. The molecule has 55 heavy (non-hydrogen) atoms. The van der Waals surface area contributed by atoms with Crippen LogP contribution in [0.5, 0.6) is 0 Å². The standard InChI is InChI=1S/C36H59B2N5O12/c1-39(25-31-9-3-5-13-35(31)37(47)48)15-7-11-33(45)27-42(22-24-55-52)19-17-41(21-23-54-51)18-20-43(29-53-30-44)28-34(46)12-8-16-40(2)26-32-10-4-6-14-36(32)38(49)50/h3-6,9-10,13-14,30,47-52H,7-8,11-12,15-29H2,1-2H3. The normalized spacial score (nSPS) is 11.7. The molecule has 0 aliphatic heterocycles. The molecule has 2 aromatic rings. The summed E-state index contributed by atoms with van der Waals surface area (Å²) in [5.74, 6) is -0.0218. The average molecular weight is 776 g/mol. The highest BCUT2D eigenvalue weighted by atomic mass is 17.1. The highest BCUT2D eigenvalue weighted by Gasteiger charge is 2.19. The van der Waals surface area contributed by atoms with E-state index in [-0.39, 0.29) is 44.6 Å². The molecular weight excluding hydrogens is 716 g/mol. The molecule has 2 aromatic carbocycles. The lowest BCUT2D eigenvalue weighted by Gasteiger charge is -2.29. The summed E-state index contributed by atoms with van der Waals surface area (Å²) in [7, 11) is 0.665. The highest BCUT2D eigenvalue weighted by Crippen LogP contribution is 2.07. The van der Waals surface area contributed by atoms with Crippen LogP contribution in [0.2, 0.25) is 0 Å². The van der Waals surface area contributed by atoms with Crippen molar-refractivity contribution in [3.8, 4) is 0 Å². The number of carbonyl (C=O) groups excluding carboxylic acids is 3. The second-order valence-corrected chi connectivity index (χ2v) is 13.6. The van der Waals surface area contributed by atoms with Crippen LogP contribution < -0.4 is 10.9 Å². The first-order valence-corrected chi connectivity index (χ1v) is 18.5. The molecule has 306 valence electrons. The van der Waals surface area contributed by atoms with Gasteiger partial charge in [0.15, 0.2) is 0 Å². The van der Waals surface area contributed by atoms with E-state index in [2.05, 4.69) is 9.78 Å². The topological polar surface area (TPSA) is 216 Å². The van der Waals surface area contributed by atoms with E-state index in [1.165, 1.54) is 0 Å². The lowest BCUT2D eigenvalue weighted by Crippen LogP contribution is -2.44. The number of hydrogen-bond acceptors (Lipinski definition) is 17. The first kappa shape index (κ1) is 48.0. The van der Waals surface area contributed by atoms with Gasteiger partial charge in [0, 0.05) is 65.2 Å². The summed E-state index contributed by atoms with van der Waals surface area (Å²) in [6, 6.07) is 14.1. The highest BCUT2D eigenvalue weighted by molar-refractivity contribution is 6.59. The molecule has 0 aliphatic rings. The number of Topliss-reactive ketones (excluding diaryl/α,β-unsaturated/α-hetero) is 2. The van der Waals surface area contributed by atoms with E-state index in [0.29, 0.717) is 109 Å². The molecule has 19 heteroatoms. The zero-order valence-corrected chi connectivity index (χ0v) is 32.2. The van der Waals surface area contributed by atoms with Crippen LogP contribution in [0.1, 0.15) is 36.8 Å². The van der Waals surface area contributed by atoms with Crippen molar-refractivity contribution in [2.75, 3.05) is 99.5 Å². The Labute approximate surface area is 324 Å². The van der Waals surface area contributed by atoms with Crippen LogP contribution in [-0.4, -0.2) is 187 Å². The summed E-state index contributed by atoms with van der Waals surface area (Å²) in [4.78, 5) is 55.1. The van der Waals surface area contributed by atoms with Gasteiger partial charge in [0.2, 0.25) is 0 Å². The number of benzene rings is 2. The van der Waals surface area contributed by atoms with Crippen molar-refractivity contribution in [3.63, 3.8) is 0 Å². The Hall–Kier alpha value is -3.14. The number of ether oxygens (including phenoxy) is 1. The van der Waals surface area contributed by atoms with Crippen molar-refractivity contribution in [2.24, 2.45) is 0 Å². The van der Waals surface area contributed by atoms with Gasteiger partial charge < -0.3 is 34.6 Å². The molecule has 0 aliphatic carbocycles. The van der Waals surface area contributed by atoms with Gasteiger partial charge in [-0.2, -0.15) is 0 Å². The van der Waals surface area contributed by atoms with Crippen LogP contribution in [0.25, 0.3) is 0 Å². The lowest BCUT2D eigenvalue weighted by molar-refractivity contribution is -0.245. The zero-order chi connectivity index (χ0) is 40.4. The molecule has 0 saturated carbocycles. The molecule has 0 atom stereocenters. The van der Waals surface area contributed by atoms with E-state index in [9.17, 15) is 34.5 Å². The molecule has 0 spiro atoms. The van der Waals surface area contributed by atoms with Gasteiger partial charge in [0.1, 0.15) is 18.3 Å². The van der Waals surface area contributed by atoms with E-state index in [1.54, 1.807) is 29.2 Å². The van der Waals surface area contributed by atoms with Crippen molar-refractivity contribution in [1.82, 2.24) is 24.5 Å². The smallest absolute Gasteiger partial charge is 0.452 e. The Balaban J connectivity index is 1.86. The van der Waals surface area contributed by atoms with Crippen LogP contribution >= 0.6 is 0 Å². The Morgan fingerprint density at radius 3 is 1.49 bits per heavy atom. The van der Waals surface area contributed by atoms with E-state index in [1.807, 2.05) is 58.0 Å².